The smallest absolute Gasteiger partial charge is 0.252 e. The molecule has 0 unspecified atom stereocenters. The van der Waals surface area contributed by atoms with Crippen molar-refractivity contribution in [2.24, 2.45) is 0 Å². The molecule has 2 rings (SSSR count). The maximum Gasteiger partial charge on any atom is 0.252 e. The third-order valence-electron chi connectivity index (χ3n) is 2.71. The van der Waals surface area contributed by atoms with E-state index in [1.54, 1.807) is 12.1 Å². The van der Waals surface area contributed by atoms with Crippen molar-refractivity contribution in [1.29, 1.82) is 0 Å². The number of hydrogen-bond donors (Lipinski definition) is 1. The van der Waals surface area contributed by atoms with Crippen LogP contribution in [0.15, 0.2) is 48.5 Å². The Hall–Kier alpha value is -1.43. The van der Waals surface area contributed by atoms with Crippen LogP contribution in [0.25, 0.3) is 0 Å². The molecule has 0 fully saturated rings. The summed E-state index contributed by atoms with van der Waals surface area (Å²) in [7, 11) is 0. The molecule has 0 saturated carbocycles. The van der Waals surface area contributed by atoms with Gasteiger partial charge in [0, 0.05) is 10.1 Å². The van der Waals surface area contributed by atoms with Gasteiger partial charge in [-0.05, 0) is 58.8 Å². The van der Waals surface area contributed by atoms with E-state index in [1.807, 2.05) is 24.3 Å². The quantitative estimate of drug-likeness (QED) is 0.823. The Bertz CT molecular complexity index is 586. The van der Waals surface area contributed by atoms with Gasteiger partial charge in [-0.15, -0.1) is 0 Å². The maximum atomic E-state index is 13.0. The Morgan fingerprint density at radius 1 is 1.16 bits per heavy atom. The summed E-state index contributed by atoms with van der Waals surface area (Å²) in [5.41, 5.74) is 1.55. The van der Waals surface area contributed by atoms with Crippen molar-refractivity contribution in [2.45, 2.75) is 6.42 Å². The second-order valence-corrected chi connectivity index (χ2v) is 5.28. The summed E-state index contributed by atoms with van der Waals surface area (Å²) in [6, 6.07) is 13.8. The normalized spacial score (nSPS) is 10.2. The van der Waals surface area contributed by atoms with Gasteiger partial charge < -0.3 is 5.32 Å². The third kappa shape index (κ3) is 4.02. The Morgan fingerprint density at radius 3 is 2.68 bits per heavy atom. The van der Waals surface area contributed by atoms with E-state index in [0.29, 0.717) is 18.5 Å². The average Bonchev–Trinajstić information content (AvgIpc) is 2.39. The molecule has 0 heterocycles. The van der Waals surface area contributed by atoms with E-state index in [1.165, 1.54) is 12.1 Å². The van der Waals surface area contributed by atoms with E-state index < -0.39 is 0 Å². The van der Waals surface area contributed by atoms with Gasteiger partial charge in [-0.3, -0.25) is 4.79 Å². The number of benzene rings is 2. The highest BCUT2D eigenvalue weighted by Gasteiger charge is 2.08. The van der Waals surface area contributed by atoms with Crippen molar-refractivity contribution < 1.29 is 9.18 Å². The maximum absolute atomic E-state index is 13.0. The van der Waals surface area contributed by atoms with E-state index in [-0.39, 0.29) is 11.7 Å². The number of hydrogen-bond acceptors (Lipinski definition) is 1. The predicted octanol–water partition coefficient (Wildman–Crippen LogP) is 3.40. The predicted molar refractivity (Wildman–Crippen MR) is 81.6 cm³/mol. The number of amides is 1. The van der Waals surface area contributed by atoms with Gasteiger partial charge in [0.2, 0.25) is 0 Å². The summed E-state index contributed by atoms with van der Waals surface area (Å²) in [6.45, 7) is 0.493. The molecular formula is C15H13FINO. The second kappa shape index (κ2) is 6.65. The minimum atomic E-state index is -0.249. The van der Waals surface area contributed by atoms with Crippen molar-refractivity contribution in [3.05, 3.63) is 69.0 Å². The van der Waals surface area contributed by atoms with Crippen molar-refractivity contribution in [3.63, 3.8) is 0 Å². The first kappa shape index (κ1) is 14.0. The molecule has 0 aromatic heterocycles. The molecule has 98 valence electrons. The molecule has 1 N–H and O–H groups in total. The number of carbonyl (C=O) groups excluding carboxylic acids is 1. The first-order valence-corrected chi connectivity index (χ1v) is 7.02. The van der Waals surface area contributed by atoms with Crippen LogP contribution in [0.1, 0.15) is 15.9 Å². The second-order valence-electron chi connectivity index (χ2n) is 4.12. The molecule has 0 saturated heterocycles. The lowest BCUT2D eigenvalue weighted by Crippen LogP contribution is -2.26. The molecular weight excluding hydrogens is 356 g/mol. The zero-order valence-corrected chi connectivity index (χ0v) is 12.4. The third-order valence-corrected chi connectivity index (χ3v) is 3.65. The van der Waals surface area contributed by atoms with E-state index in [2.05, 4.69) is 27.9 Å². The standard InChI is InChI=1S/C15H13FINO/c16-12-5-3-4-11(10-12)8-9-18-15(19)13-6-1-2-7-14(13)17/h1-7,10H,8-9H2,(H,18,19). The van der Waals surface area contributed by atoms with Crippen molar-refractivity contribution in [1.82, 2.24) is 5.32 Å². The van der Waals surface area contributed by atoms with Gasteiger partial charge in [0.1, 0.15) is 5.82 Å². The Morgan fingerprint density at radius 2 is 1.95 bits per heavy atom. The molecule has 0 radical (unpaired) electrons. The molecule has 19 heavy (non-hydrogen) atoms. The lowest BCUT2D eigenvalue weighted by Gasteiger charge is -2.07. The highest BCUT2D eigenvalue weighted by molar-refractivity contribution is 14.1. The van der Waals surface area contributed by atoms with E-state index in [4.69, 9.17) is 0 Å². The van der Waals surface area contributed by atoms with Crippen molar-refractivity contribution >= 4 is 28.5 Å². The molecule has 1 amide bonds. The highest BCUT2D eigenvalue weighted by atomic mass is 127. The molecule has 2 aromatic carbocycles. The zero-order chi connectivity index (χ0) is 13.7. The van der Waals surface area contributed by atoms with Crippen molar-refractivity contribution in [3.8, 4) is 0 Å². The number of halogens is 2. The molecule has 0 aliphatic rings. The summed E-state index contributed by atoms with van der Waals surface area (Å²) in [5, 5.41) is 2.84. The van der Waals surface area contributed by atoms with Crippen LogP contribution in [0.5, 0.6) is 0 Å². The van der Waals surface area contributed by atoms with Gasteiger partial charge in [-0.1, -0.05) is 24.3 Å². The number of carbonyl (C=O) groups is 1. The molecule has 0 aliphatic carbocycles. The minimum absolute atomic E-state index is 0.0959. The van der Waals surface area contributed by atoms with Crippen LogP contribution in [-0.2, 0) is 6.42 Å². The fourth-order valence-corrected chi connectivity index (χ4v) is 2.39. The molecule has 2 nitrogen and oxygen atoms in total. The van der Waals surface area contributed by atoms with E-state index in [9.17, 15) is 9.18 Å². The lowest BCUT2D eigenvalue weighted by molar-refractivity contribution is 0.0953. The van der Waals surface area contributed by atoms with E-state index in [0.717, 1.165) is 9.13 Å². The van der Waals surface area contributed by atoms with Crippen LogP contribution in [0.2, 0.25) is 0 Å². The minimum Gasteiger partial charge on any atom is -0.352 e. The molecule has 4 heteroatoms. The van der Waals surface area contributed by atoms with Gasteiger partial charge in [-0.25, -0.2) is 4.39 Å². The molecule has 2 aromatic rings. The monoisotopic (exact) mass is 369 g/mol. The van der Waals surface area contributed by atoms with E-state index >= 15 is 0 Å². The lowest BCUT2D eigenvalue weighted by atomic mass is 10.1. The molecule has 0 atom stereocenters. The van der Waals surface area contributed by atoms with Gasteiger partial charge >= 0.3 is 0 Å². The van der Waals surface area contributed by atoms with Crippen LogP contribution < -0.4 is 5.32 Å². The Labute approximate surface area is 125 Å². The largest absolute Gasteiger partial charge is 0.352 e. The zero-order valence-electron chi connectivity index (χ0n) is 10.2. The first-order chi connectivity index (χ1) is 9.16. The van der Waals surface area contributed by atoms with Crippen molar-refractivity contribution in [2.75, 3.05) is 6.54 Å². The highest BCUT2D eigenvalue weighted by Crippen LogP contribution is 2.11. The topological polar surface area (TPSA) is 29.1 Å². The summed E-state index contributed by atoms with van der Waals surface area (Å²) in [5.74, 6) is -0.345. The summed E-state index contributed by atoms with van der Waals surface area (Å²) in [4.78, 5) is 11.9. The Kier molecular flexibility index (Phi) is 4.90. The fourth-order valence-electron chi connectivity index (χ4n) is 1.75. The average molecular weight is 369 g/mol. The molecule has 0 bridgehead atoms. The fraction of sp³-hybridized carbons (Fsp3) is 0.133. The molecule has 0 aliphatic heterocycles. The van der Waals surface area contributed by atoms with Crippen LogP contribution in [0.3, 0.4) is 0 Å². The van der Waals surface area contributed by atoms with Crippen LogP contribution in [-0.4, -0.2) is 12.5 Å². The van der Waals surface area contributed by atoms with Gasteiger partial charge in [0.05, 0.1) is 5.56 Å². The first-order valence-electron chi connectivity index (χ1n) is 5.94. The van der Waals surface area contributed by atoms with Crippen LogP contribution in [0, 0.1) is 9.39 Å². The van der Waals surface area contributed by atoms with Gasteiger partial charge in [0.25, 0.3) is 5.91 Å². The van der Waals surface area contributed by atoms with Gasteiger partial charge in [0.15, 0.2) is 0 Å². The Balaban J connectivity index is 1.90. The van der Waals surface area contributed by atoms with Crippen LogP contribution >= 0.6 is 22.6 Å². The SMILES string of the molecule is O=C(NCCc1cccc(F)c1)c1ccccc1I. The summed E-state index contributed by atoms with van der Waals surface area (Å²) < 4.78 is 13.9. The number of nitrogens with one attached hydrogen (secondary N) is 1. The summed E-state index contributed by atoms with van der Waals surface area (Å²) in [6.07, 6.45) is 0.618. The molecule has 0 spiro atoms. The van der Waals surface area contributed by atoms with Crippen LogP contribution in [0.4, 0.5) is 4.39 Å². The number of rotatable bonds is 4. The summed E-state index contributed by atoms with van der Waals surface area (Å²) >= 11 is 2.13. The van der Waals surface area contributed by atoms with Gasteiger partial charge in [-0.2, -0.15) is 0 Å².